The van der Waals surface area contributed by atoms with Gasteiger partial charge in [-0.05, 0) is 48.1 Å². The second kappa shape index (κ2) is 8.88. The van der Waals surface area contributed by atoms with Crippen molar-refractivity contribution in [3.05, 3.63) is 92.2 Å². The number of benzene rings is 2. The predicted octanol–water partition coefficient (Wildman–Crippen LogP) is 3.97. The molecule has 0 amide bonds. The van der Waals surface area contributed by atoms with Crippen LogP contribution in [-0.2, 0) is 16.4 Å². The van der Waals surface area contributed by atoms with Crippen molar-refractivity contribution in [2.45, 2.75) is 30.3 Å². The zero-order valence-corrected chi connectivity index (χ0v) is 18.6. The van der Waals surface area contributed by atoms with E-state index in [1.165, 1.54) is 40.3 Å². The lowest BCUT2D eigenvalue weighted by Crippen LogP contribution is -2.45. The maximum absolute atomic E-state index is 12.6. The van der Waals surface area contributed by atoms with Crippen LogP contribution in [0.4, 0.5) is 5.69 Å². The van der Waals surface area contributed by atoms with Gasteiger partial charge in [0.25, 0.3) is 5.69 Å². The van der Waals surface area contributed by atoms with Gasteiger partial charge in [-0.15, -0.1) is 11.3 Å². The van der Waals surface area contributed by atoms with E-state index in [1.807, 2.05) is 18.2 Å². The topological polar surface area (TPSA) is 92.6 Å². The van der Waals surface area contributed by atoms with Gasteiger partial charge < -0.3 is 0 Å². The lowest BCUT2D eigenvalue weighted by Gasteiger charge is -2.41. The molecule has 3 aromatic rings. The Morgan fingerprint density at radius 2 is 1.84 bits per heavy atom. The standard InChI is InChI=1S/C22H23N3O4S2/c1-16-15-18-11-14-30-22(18)21(17-5-3-2-4-6-17)24(16)13-12-23-31(28,29)20-9-7-19(8-10-20)25(26)27/h2-11,14,16,21,23H,12-13,15H2,1H3. The second-order valence-corrected chi connectivity index (χ2v) is 10.3. The molecule has 2 unspecified atom stereocenters. The molecule has 0 fully saturated rings. The van der Waals surface area contributed by atoms with Crippen molar-refractivity contribution in [2.75, 3.05) is 13.1 Å². The van der Waals surface area contributed by atoms with Gasteiger partial charge >= 0.3 is 0 Å². The van der Waals surface area contributed by atoms with Crippen LogP contribution in [0.1, 0.15) is 29.0 Å². The molecule has 1 N–H and O–H groups in total. The molecule has 0 spiro atoms. The first-order valence-corrected chi connectivity index (χ1v) is 12.3. The number of nitrogens with one attached hydrogen (secondary N) is 1. The minimum atomic E-state index is -3.75. The van der Waals surface area contributed by atoms with Crippen LogP contribution >= 0.6 is 11.3 Å². The summed E-state index contributed by atoms with van der Waals surface area (Å²) in [5, 5.41) is 12.9. The fraction of sp³-hybridized carbons (Fsp3) is 0.273. The molecule has 7 nitrogen and oxygen atoms in total. The number of thiophene rings is 1. The molecule has 0 aliphatic carbocycles. The minimum Gasteiger partial charge on any atom is -0.287 e. The first-order chi connectivity index (χ1) is 14.9. The summed E-state index contributed by atoms with van der Waals surface area (Å²) >= 11 is 1.74. The van der Waals surface area contributed by atoms with Crippen molar-refractivity contribution in [2.24, 2.45) is 0 Å². The van der Waals surface area contributed by atoms with Gasteiger partial charge in [0, 0.05) is 36.1 Å². The van der Waals surface area contributed by atoms with Gasteiger partial charge in [0.15, 0.2) is 0 Å². The van der Waals surface area contributed by atoms with Crippen LogP contribution in [0, 0.1) is 10.1 Å². The second-order valence-electron chi connectivity index (χ2n) is 7.56. The maximum Gasteiger partial charge on any atom is 0.269 e. The van der Waals surface area contributed by atoms with E-state index in [9.17, 15) is 18.5 Å². The Hall–Kier alpha value is -2.59. The molecule has 162 valence electrons. The van der Waals surface area contributed by atoms with Gasteiger partial charge in [-0.3, -0.25) is 15.0 Å². The molecule has 31 heavy (non-hydrogen) atoms. The highest BCUT2D eigenvalue weighted by Gasteiger charge is 2.34. The highest BCUT2D eigenvalue weighted by Crippen LogP contribution is 2.40. The Morgan fingerprint density at radius 3 is 2.52 bits per heavy atom. The molecule has 0 bridgehead atoms. The summed E-state index contributed by atoms with van der Waals surface area (Å²) in [6.07, 6.45) is 0.928. The highest BCUT2D eigenvalue weighted by molar-refractivity contribution is 7.89. The summed E-state index contributed by atoms with van der Waals surface area (Å²) < 4.78 is 27.9. The molecule has 0 saturated heterocycles. The van der Waals surface area contributed by atoms with E-state index in [0.29, 0.717) is 6.54 Å². The zero-order chi connectivity index (χ0) is 22.0. The van der Waals surface area contributed by atoms with Gasteiger partial charge in [-0.2, -0.15) is 0 Å². The van der Waals surface area contributed by atoms with Crippen LogP contribution in [-0.4, -0.2) is 37.4 Å². The van der Waals surface area contributed by atoms with Crippen molar-refractivity contribution in [1.29, 1.82) is 0 Å². The molecule has 9 heteroatoms. The Bertz CT molecular complexity index is 1160. The van der Waals surface area contributed by atoms with Gasteiger partial charge in [0.1, 0.15) is 0 Å². The van der Waals surface area contributed by atoms with E-state index < -0.39 is 14.9 Å². The average molecular weight is 458 g/mol. The summed E-state index contributed by atoms with van der Waals surface area (Å²) in [6.45, 7) is 2.96. The van der Waals surface area contributed by atoms with E-state index in [-0.39, 0.29) is 29.2 Å². The van der Waals surface area contributed by atoms with Gasteiger partial charge in [0.05, 0.1) is 15.9 Å². The van der Waals surface area contributed by atoms with Crippen molar-refractivity contribution < 1.29 is 13.3 Å². The molecule has 1 aromatic heterocycles. The van der Waals surface area contributed by atoms with Crippen molar-refractivity contribution >= 4 is 27.0 Å². The Labute approximate surface area is 185 Å². The summed E-state index contributed by atoms with van der Waals surface area (Å²) in [5.74, 6) is 0. The SMILES string of the molecule is CC1Cc2ccsc2C(c2ccccc2)N1CCNS(=O)(=O)c1ccc([N+](=O)[O-])cc1. The quantitative estimate of drug-likeness (QED) is 0.428. The number of fused-ring (bicyclic) bond motifs is 1. The van der Waals surface area contributed by atoms with Gasteiger partial charge in [-0.1, -0.05) is 30.3 Å². The number of rotatable bonds is 7. The lowest BCUT2D eigenvalue weighted by molar-refractivity contribution is -0.384. The zero-order valence-electron chi connectivity index (χ0n) is 17.0. The number of hydrogen-bond acceptors (Lipinski definition) is 6. The summed E-state index contributed by atoms with van der Waals surface area (Å²) in [7, 11) is -3.75. The maximum atomic E-state index is 12.6. The monoisotopic (exact) mass is 457 g/mol. The predicted molar refractivity (Wildman–Crippen MR) is 121 cm³/mol. The van der Waals surface area contributed by atoms with Crippen molar-refractivity contribution in [1.82, 2.24) is 9.62 Å². The van der Waals surface area contributed by atoms with E-state index in [0.717, 1.165) is 6.42 Å². The van der Waals surface area contributed by atoms with E-state index in [1.54, 1.807) is 11.3 Å². The van der Waals surface area contributed by atoms with Gasteiger partial charge in [-0.25, -0.2) is 13.1 Å². The molecular formula is C22H23N3O4S2. The van der Waals surface area contributed by atoms with Crippen molar-refractivity contribution in [3.63, 3.8) is 0 Å². The third-order valence-corrected chi connectivity index (χ3v) is 8.07. The molecule has 2 heterocycles. The number of hydrogen-bond donors (Lipinski definition) is 1. The minimum absolute atomic E-state index is 0.0185. The third-order valence-electron chi connectivity index (χ3n) is 5.58. The van der Waals surface area contributed by atoms with Crippen LogP contribution < -0.4 is 4.72 Å². The fourth-order valence-corrected chi connectivity index (χ4v) is 6.17. The molecule has 2 atom stereocenters. The number of non-ortho nitro benzene ring substituents is 1. The number of nitrogens with zero attached hydrogens (tertiary/aromatic N) is 2. The summed E-state index contributed by atoms with van der Waals surface area (Å²) in [6, 6.07) is 17.7. The summed E-state index contributed by atoms with van der Waals surface area (Å²) in [4.78, 5) is 13.9. The molecule has 1 aliphatic heterocycles. The Balaban J connectivity index is 1.50. The van der Waals surface area contributed by atoms with Crippen molar-refractivity contribution in [3.8, 4) is 0 Å². The Morgan fingerprint density at radius 1 is 1.13 bits per heavy atom. The van der Waals surface area contributed by atoms with E-state index in [2.05, 4.69) is 40.1 Å². The van der Waals surface area contributed by atoms with Crippen LogP contribution in [0.5, 0.6) is 0 Å². The Kier molecular flexibility index (Phi) is 6.19. The molecule has 4 rings (SSSR count). The first kappa shape index (κ1) is 21.6. The average Bonchev–Trinajstić information content (AvgIpc) is 3.22. The summed E-state index contributed by atoms with van der Waals surface area (Å²) in [5.41, 5.74) is 2.41. The third kappa shape index (κ3) is 4.54. The molecular weight excluding hydrogens is 434 g/mol. The van der Waals surface area contributed by atoms with E-state index in [4.69, 9.17) is 0 Å². The smallest absolute Gasteiger partial charge is 0.269 e. The van der Waals surface area contributed by atoms with Crippen LogP contribution in [0.2, 0.25) is 0 Å². The van der Waals surface area contributed by atoms with Crippen LogP contribution in [0.25, 0.3) is 0 Å². The van der Waals surface area contributed by atoms with Crippen LogP contribution in [0.15, 0.2) is 70.9 Å². The lowest BCUT2D eigenvalue weighted by atomic mass is 9.91. The number of nitro benzene ring substituents is 1. The fourth-order valence-electron chi connectivity index (χ4n) is 4.06. The number of sulfonamides is 1. The normalized spacial score (nSPS) is 19.1. The first-order valence-electron chi connectivity index (χ1n) is 9.98. The van der Waals surface area contributed by atoms with Crippen LogP contribution in [0.3, 0.4) is 0 Å². The highest BCUT2D eigenvalue weighted by atomic mass is 32.2. The molecule has 1 aliphatic rings. The number of nitro groups is 1. The van der Waals surface area contributed by atoms with Gasteiger partial charge in [0.2, 0.25) is 10.0 Å². The molecule has 0 saturated carbocycles. The van der Waals surface area contributed by atoms with E-state index >= 15 is 0 Å². The largest absolute Gasteiger partial charge is 0.287 e. The molecule has 2 aromatic carbocycles. The molecule has 0 radical (unpaired) electrons.